The van der Waals surface area contributed by atoms with Crippen LogP contribution in [0.25, 0.3) is 0 Å². The zero-order chi connectivity index (χ0) is 21.4. The Morgan fingerprint density at radius 1 is 0.897 bits per heavy atom. The Hall–Kier alpha value is -3.35. The molecule has 0 bridgehead atoms. The molecule has 7 heteroatoms. The minimum absolute atomic E-state index is 0.0806. The Labute approximate surface area is 170 Å². The van der Waals surface area contributed by atoms with Gasteiger partial charge in [0.1, 0.15) is 0 Å². The van der Waals surface area contributed by atoms with Gasteiger partial charge in [-0.2, -0.15) is 0 Å². The van der Waals surface area contributed by atoms with Crippen LogP contribution in [0.3, 0.4) is 0 Å². The molecule has 0 heterocycles. The molecule has 0 aliphatic carbocycles. The monoisotopic (exact) mass is 399 g/mol. The van der Waals surface area contributed by atoms with Crippen molar-refractivity contribution in [3.05, 3.63) is 53.6 Å². The number of rotatable bonds is 9. The topological polar surface area (TPSA) is 90.9 Å². The lowest BCUT2D eigenvalue weighted by molar-refractivity contribution is -0.116. The lowest BCUT2D eigenvalue weighted by Crippen LogP contribution is -2.15. The van der Waals surface area contributed by atoms with E-state index in [1.807, 2.05) is 13.8 Å². The molecule has 2 rings (SSSR count). The Kier molecular flexibility index (Phi) is 7.77. The number of benzene rings is 2. The third kappa shape index (κ3) is 6.34. The summed E-state index contributed by atoms with van der Waals surface area (Å²) in [6, 6.07) is 11.0. The molecule has 1 amide bonds. The maximum Gasteiger partial charge on any atom is 0.338 e. The summed E-state index contributed by atoms with van der Waals surface area (Å²) in [5, 5.41) is 2.77. The van der Waals surface area contributed by atoms with E-state index in [0.29, 0.717) is 29.2 Å². The molecule has 0 fully saturated rings. The van der Waals surface area contributed by atoms with Crippen LogP contribution >= 0.6 is 0 Å². The summed E-state index contributed by atoms with van der Waals surface area (Å²) in [6.07, 6.45) is 0.423. The number of esters is 1. The molecular weight excluding hydrogens is 374 g/mol. The second-order valence-electron chi connectivity index (χ2n) is 6.79. The molecule has 7 nitrogen and oxygen atoms in total. The molecule has 0 spiro atoms. The van der Waals surface area contributed by atoms with Crippen molar-refractivity contribution in [2.24, 2.45) is 5.92 Å². The number of nitrogens with one attached hydrogen (secondary N) is 1. The van der Waals surface area contributed by atoms with Crippen LogP contribution in [0.1, 0.15) is 41.0 Å². The van der Waals surface area contributed by atoms with Crippen LogP contribution in [0.4, 0.5) is 5.69 Å². The minimum atomic E-state index is -0.642. The van der Waals surface area contributed by atoms with Gasteiger partial charge in [-0.05, 0) is 48.4 Å². The van der Waals surface area contributed by atoms with Crippen LogP contribution < -0.4 is 14.8 Å². The first kappa shape index (κ1) is 21.9. The summed E-state index contributed by atoms with van der Waals surface area (Å²) in [5.74, 6) is 0.0685. The fraction of sp³-hybridized carbons (Fsp3) is 0.318. The van der Waals surface area contributed by atoms with E-state index in [2.05, 4.69) is 5.32 Å². The minimum Gasteiger partial charge on any atom is -0.493 e. The van der Waals surface area contributed by atoms with E-state index in [-0.39, 0.29) is 23.2 Å². The van der Waals surface area contributed by atoms with Gasteiger partial charge in [-0.25, -0.2) is 4.79 Å². The highest BCUT2D eigenvalue weighted by atomic mass is 16.5. The van der Waals surface area contributed by atoms with Gasteiger partial charge in [-0.3, -0.25) is 9.59 Å². The van der Waals surface area contributed by atoms with Crippen LogP contribution in [0, 0.1) is 5.92 Å². The normalized spacial score (nSPS) is 10.4. The standard InChI is InChI=1S/C22H25NO6/c1-14(2)11-21(25)23-17-8-5-15(6-9-17)18(24)13-29-22(26)16-7-10-19(27-3)20(12-16)28-4/h5-10,12,14H,11,13H2,1-4H3,(H,23,25). The highest BCUT2D eigenvalue weighted by Gasteiger charge is 2.15. The van der Waals surface area contributed by atoms with Crippen molar-refractivity contribution < 1.29 is 28.6 Å². The number of carbonyl (C=O) groups excluding carboxylic acids is 3. The van der Waals surface area contributed by atoms with Gasteiger partial charge >= 0.3 is 5.97 Å². The van der Waals surface area contributed by atoms with E-state index in [4.69, 9.17) is 14.2 Å². The molecule has 0 saturated carbocycles. The van der Waals surface area contributed by atoms with Gasteiger partial charge in [0, 0.05) is 17.7 Å². The summed E-state index contributed by atoms with van der Waals surface area (Å²) < 4.78 is 15.4. The Morgan fingerprint density at radius 3 is 2.10 bits per heavy atom. The highest BCUT2D eigenvalue weighted by molar-refractivity contribution is 6.00. The van der Waals surface area contributed by atoms with E-state index < -0.39 is 12.6 Å². The van der Waals surface area contributed by atoms with Gasteiger partial charge in [0.15, 0.2) is 23.9 Å². The van der Waals surface area contributed by atoms with Crippen molar-refractivity contribution in [3.8, 4) is 11.5 Å². The van der Waals surface area contributed by atoms with Crippen LogP contribution in [-0.4, -0.2) is 38.5 Å². The number of methoxy groups -OCH3 is 2. The maximum absolute atomic E-state index is 12.3. The number of ketones is 1. The Balaban J connectivity index is 1.93. The first-order valence-electron chi connectivity index (χ1n) is 9.16. The molecular formula is C22H25NO6. The van der Waals surface area contributed by atoms with Crippen LogP contribution in [0.15, 0.2) is 42.5 Å². The SMILES string of the molecule is COc1ccc(C(=O)OCC(=O)c2ccc(NC(=O)CC(C)C)cc2)cc1OC. The van der Waals surface area contributed by atoms with Crippen molar-refractivity contribution in [2.75, 3.05) is 26.1 Å². The van der Waals surface area contributed by atoms with E-state index in [0.717, 1.165) is 0 Å². The van der Waals surface area contributed by atoms with E-state index >= 15 is 0 Å². The summed E-state index contributed by atoms with van der Waals surface area (Å²) in [6.45, 7) is 3.53. The van der Waals surface area contributed by atoms with Crippen LogP contribution in [0.5, 0.6) is 11.5 Å². The number of hydrogen-bond acceptors (Lipinski definition) is 6. The van der Waals surface area contributed by atoms with Crippen LogP contribution in [-0.2, 0) is 9.53 Å². The van der Waals surface area contributed by atoms with Gasteiger partial charge in [0.2, 0.25) is 5.91 Å². The molecule has 1 N–H and O–H groups in total. The van der Waals surface area contributed by atoms with Gasteiger partial charge in [-0.1, -0.05) is 13.8 Å². The van der Waals surface area contributed by atoms with Gasteiger partial charge in [0.05, 0.1) is 19.8 Å². The average molecular weight is 399 g/mol. The molecule has 29 heavy (non-hydrogen) atoms. The lowest BCUT2D eigenvalue weighted by atomic mass is 10.1. The summed E-state index contributed by atoms with van der Waals surface area (Å²) in [4.78, 5) is 36.3. The number of anilines is 1. The van der Waals surface area contributed by atoms with Crippen molar-refractivity contribution in [1.29, 1.82) is 0 Å². The van der Waals surface area contributed by atoms with Crippen molar-refractivity contribution >= 4 is 23.3 Å². The molecule has 0 radical (unpaired) electrons. The number of ether oxygens (including phenoxy) is 3. The lowest BCUT2D eigenvalue weighted by Gasteiger charge is -2.10. The molecule has 2 aromatic carbocycles. The molecule has 0 unspecified atom stereocenters. The Bertz CT molecular complexity index is 873. The summed E-state index contributed by atoms with van der Waals surface area (Å²) in [7, 11) is 2.96. The zero-order valence-electron chi connectivity index (χ0n) is 17.0. The molecule has 0 saturated heterocycles. The fourth-order valence-corrected chi connectivity index (χ4v) is 2.58. The van der Waals surface area contributed by atoms with E-state index in [1.54, 1.807) is 30.3 Å². The third-order valence-electron chi connectivity index (χ3n) is 4.04. The van der Waals surface area contributed by atoms with Crippen molar-refractivity contribution in [1.82, 2.24) is 0 Å². The van der Waals surface area contributed by atoms with Gasteiger partial charge in [0.25, 0.3) is 0 Å². The second kappa shape index (κ2) is 10.3. The second-order valence-corrected chi connectivity index (χ2v) is 6.79. The predicted octanol–water partition coefficient (Wildman–Crippen LogP) is 3.73. The average Bonchev–Trinajstić information content (AvgIpc) is 2.71. The first-order valence-corrected chi connectivity index (χ1v) is 9.16. The molecule has 0 atom stereocenters. The van der Waals surface area contributed by atoms with Gasteiger partial charge < -0.3 is 19.5 Å². The van der Waals surface area contributed by atoms with E-state index in [9.17, 15) is 14.4 Å². The largest absolute Gasteiger partial charge is 0.493 e. The fourth-order valence-electron chi connectivity index (χ4n) is 2.58. The number of amides is 1. The maximum atomic E-state index is 12.3. The van der Waals surface area contributed by atoms with Crippen molar-refractivity contribution in [2.45, 2.75) is 20.3 Å². The van der Waals surface area contributed by atoms with Crippen LogP contribution in [0.2, 0.25) is 0 Å². The summed E-state index contributed by atoms with van der Waals surface area (Å²) in [5.41, 5.74) is 1.24. The smallest absolute Gasteiger partial charge is 0.338 e. The highest BCUT2D eigenvalue weighted by Crippen LogP contribution is 2.27. The van der Waals surface area contributed by atoms with E-state index in [1.165, 1.54) is 26.4 Å². The zero-order valence-corrected chi connectivity index (χ0v) is 17.0. The molecule has 0 aromatic heterocycles. The predicted molar refractivity (Wildman–Crippen MR) is 109 cm³/mol. The Morgan fingerprint density at radius 2 is 1.52 bits per heavy atom. The quantitative estimate of drug-likeness (QED) is 0.510. The first-order chi connectivity index (χ1) is 13.8. The third-order valence-corrected chi connectivity index (χ3v) is 4.04. The van der Waals surface area contributed by atoms with Gasteiger partial charge in [-0.15, -0.1) is 0 Å². The molecule has 154 valence electrons. The number of Topliss-reactive ketones (excluding diaryl/α,β-unsaturated/α-hetero) is 1. The summed E-state index contributed by atoms with van der Waals surface area (Å²) >= 11 is 0. The molecule has 0 aliphatic rings. The number of carbonyl (C=O) groups is 3. The molecule has 2 aromatic rings. The van der Waals surface area contributed by atoms with Crippen molar-refractivity contribution in [3.63, 3.8) is 0 Å². The number of hydrogen-bond donors (Lipinski definition) is 1. The molecule has 0 aliphatic heterocycles.